The van der Waals surface area contributed by atoms with Gasteiger partial charge in [-0.25, -0.2) is 9.97 Å². The Labute approximate surface area is 393 Å². The van der Waals surface area contributed by atoms with Gasteiger partial charge in [0.2, 0.25) is 17.8 Å². The Morgan fingerprint density at radius 1 is 0.803 bits per heavy atom. The summed E-state index contributed by atoms with van der Waals surface area (Å²) in [4.78, 5) is 72.8. The van der Waals surface area contributed by atoms with Crippen molar-refractivity contribution in [2.24, 2.45) is 5.92 Å². The summed E-state index contributed by atoms with van der Waals surface area (Å²) in [7, 11) is 3.57. The molecule has 1 aliphatic carbocycles. The number of fused-ring (bicyclic) bond motifs is 2. The minimum atomic E-state index is -0.590. The van der Waals surface area contributed by atoms with Gasteiger partial charge in [0.25, 0.3) is 11.8 Å². The van der Waals surface area contributed by atoms with Crippen LogP contribution in [0.3, 0.4) is 0 Å². The average Bonchev–Trinajstić information content (AvgIpc) is 4.05. The van der Waals surface area contributed by atoms with Crippen LogP contribution >= 0.6 is 0 Å². The fourth-order valence-electron chi connectivity index (χ4n) is 9.77. The van der Waals surface area contributed by atoms with Crippen LogP contribution in [0.2, 0.25) is 0 Å². The number of imide groups is 1. The van der Waals surface area contributed by atoms with E-state index in [2.05, 4.69) is 83.7 Å². The van der Waals surface area contributed by atoms with Crippen molar-refractivity contribution in [3.05, 3.63) is 71.2 Å². The monoisotopic (exact) mass is 905 g/mol. The van der Waals surface area contributed by atoms with Gasteiger partial charge in [0.1, 0.15) is 23.2 Å². The summed E-state index contributed by atoms with van der Waals surface area (Å²) in [5, 5.41) is 6.56. The number of pyridine rings is 1. The molecule has 7 heterocycles. The van der Waals surface area contributed by atoms with E-state index >= 15 is 0 Å². The van der Waals surface area contributed by atoms with E-state index in [9.17, 15) is 19.2 Å². The summed E-state index contributed by atoms with van der Waals surface area (Å²) in [6.45, 7) is 18.4. The number of rotatable bonds is 9. The van der Waals surface area contributed by atoms with Crippen molar-refractivity contribution in [2.75, 3.05) is 57.0 Å². The number of likely N-dealkylation sites (tertiary alicyclic amines) is 1. The maximum atomic E-state index is 13.1. The number of nitrogens with one attached hydrogen (secondary N) is 2. The Kier molecular flexibility index (Phi) is 18.1. The second kappa shape index (κ2) is 23.9. The molecule has 1 atom stereocenters. The number of hydrogen-bond acceptors (Lipinski definition) is 10. The van der Waals surface area contributed by atoms with Gasteiger partial charge in [0.15, 0.2) is 0 Å². The predicted octanol–water partition coefficient (Wildman–Crippen LogP) is 9.49. The number of piperidine rings is 3. The highest BCUT2D eigenvalue weighted by atomic mass is 16.2. The molecule has 0 bridgehead atoms. The maximum absolute atomic E-state index is 13.1. The van der Waals surface area contributed by atoms with Crippen molar-refractivity contribution in [1.29, 1.82) is 0 Å². The Morgan fingerprint density at radius 2 is 1.48 bits per heavy atom. The summed E-state index contributed by atoms with van der Waals surface area (Å²) in [6.07, 6.45) is 17.1. The first kappa shape index (κ1) is 50.1. The Hall–Kier alpha value is -5.37. The highest BCUT2D eigenvalue weighted by Crippen LogP contribution is 2.36. The average molecular weight is 905 g/mol. The molecule has 358 valence electrons. The van der Waals surface area contributed by atoms with Crippen molar-refractivity contribution >= 4 is 52.1 Å². The molecular weight excluding hydrogens is 829 g/mol. The topological polar surface area (TPSA) is 149 Å². The molecule has 4 amide bonds. The third-order valence-corrected chi connectivity index (χ3v) is 13.0. The first-order chi connectivity index (χ1) is 31.9. The number of carbonyl (C=O) groups is 4. The van der Waals surface area contributed by atoms with E-state index in [1.807, 2.05) is 30.5 Å². The Balaban J connectivity index is 0.000000742. The zero-order valence-electron chi connectivity index (χ0n) is 41.1. The molecule has 66 heavy (non-hydrogen) atoms. The lowest BCUT2D eigenvalue weighted by molar-refractivity contribution is -0.136. The number of amides is 4. The molecule has 5 aliphatic rings. The highest BCUT2D eigenvalue weighted by molar-refractivity contribution is 6.05. The van der Waals surface area contributed by atoms with Gasteiger partial charge in [-0.3, -0.25) is 24.5 Å². The lowest BCUT2D eigenvalue weighted by atomic mass is 9.89. The van der Waals surface area contributed by atoms with E-state index < -0.39 is 6.04 Å². The lowest BCUT2D eigenvalue weighted by Gasteiger charge is -2.38. The standard InChI is InChI=1S/C43H52N10O4.3C3H8/c1-49(2)42(57)36-22-30-24-45-43(48-39(30)53(36)32-5-3-4-6-32)46-37-11-7-29(23-44-37)28-15-17-50(18-16-28)25-27-13-19-51(20-14-27)33-8-9-34-31(21-33)26-52(41(34)56)35-10-12-38(54)47-40(35)55;3*1-3-2/h7-9,11,21-24,27-28,32,35H,3-6,10,12-20,25-26H2,1-2H3,(H,47,54,55)(H,44,45,46,48);3*3H2,1-2H3. The number of hydrogen-bond donors (Lipinski definition) is 2. The zero-order valence-corrected chi connectivity index (χ0v) is 41.1. The van der Waals surface area contributed by atoms with Crippen LogP contribution in [-0.4, -0.2) is 111 Å². The molecule has 2 N–H and O–H groups in total. The smallest absolute Gasteiger partial charge is 0.270 e. The Bertz CT molecular complexity index is 2230. The lowest BCUT2D eigenvalue weighted by Crippen LogP contribution is -2.52. The molecule has 3 saturated heterocycles. The largest absolute Gasteiger partial charge is 0.372 e. The van der Waals surface area contributed by atoms with Gasteiger partial charge >= 0.3 is 0 Å². The number of carbonyl (C=O) groups excluding carboxylic acids is 4. The summed E-state index contributed by atoms with van der Waals surface area (Å²) >= 11 is 0. The number of anilines is 3. The molecule has 14 heteroatoms. The van der Waals surface area contributed by atoms with Crippen LogP contribution in [0.25, 0.3) is 11.0 Å². The molecule has 0 radical (unpaired) electrons. The first-order valence-electron chi connectivity index (χ1n) is 25.0. The quantitative estimate of drug-likeness (QED) is 0.156. The van der Waals surface area contributed by atoms with Crippen molar-refractivity contribution in [1.82, 2.24) is 39.5 Å². The molecule has 1 unspecified atom stereocenters. The normalized spacial score (nSPS) is 19.3. The minimum absolute atomic E-state index is 0.0182. The van der Waals surface area contributed by atoms with Crippen molar-refractivity contribution in [3.63, 3.8) is 0 Å². The number of benzene rings is 1. The van der Waals surface area contributed by atoms with Gasteiger partial charge in [-0.05, 0) is 111 Å². The minimum Gasteiger partial charge on any atom is -0.372 e. The van der Waals surface area contributed by atoms with Gasteiger partial charge in [0, 0.05) is 81.8 Å². The summed E-state index contributed by atoms with van der Waals surface area (Å²) < 4.78 is 2.13. The molecule has 1 aromatic carbocycles. The third kappa shape index (κ3) is 12.1. The van der Waals surface area contributed by atoms with Gasteiger partial charge in [-0.2, -0.15) is 4.98 Å². The van der Waals surface area contributed by atoms with E-state index in [-0.39, 0.29) is 36.1 Å². The maximum Gasteiger partial charge on any atom is 0.270 e. The van der Waals surface area contributed by atoms with Gasteiger partial charge in [-0.15, -0.1) is 0 Å². The molecule has 3 aromatic heterocycles. The Morgan fingerprint density at radius 3 is 2.11 bits per heavy atom. The van der Waals surface area contributed by atoms with E-state index in [1.165, 1.54) is 24.8 Å². The fraction of sp³-hybridized carbons (Fsp3) is 0.596. The molecule has 4 aromatic rings. The molecular formula is C52H76N10O4. The van der Waals surface area contributed by atoms with E-state index in [0.717, 1.165) is 106 Å². The second-order valence-electron chi connectivity index (χ2n) is 19.0. The van der Waals surface area contributed by atoms with Crippen molar-refractivity contribution in [2.45, 2.75) is 150 Å². The van der Waals surface area contributed by atoms with Crippen molar-refractivity contribution in [3.8, 4) is 0 Å². The van der Waals surface area contributed by atoms with Crippen LogP contribution in [0.1, 0.15) is 169 Å². The van der Waals surface area contributed by atoms with Crippen molar-refractivity contribution < 1.29 is 19.2 Å². The van der Waals surface area contributed by atoms with Crippen LogP contribution in [-0.2, 0) is 16.1 Å². The van der Waals surface area contributed by atoms with E-state index in [0.29, 0.717) is 47.8 Å². The molecule has 4 aliphatic heterocycles. The van der Waals surface area contributed by atoms with Crippen LogP contribution in [0.4, 0.5) is 17.5 Å². The van der Waals surface area contributed by atoms with E-state index in [1.54, 1.807) is 30.1 Å². The zero-order chi connectivity index (χ0) is 47.3. The predicted molar refractivity (Wildman–Crippen MR) is 264 cm³/mol. The SMILES string of the molecule is CCC.CCC.CCC.CN(C)C(=O)c1cc2cnc(Nc3ccc(C4CCN(CC5CCN(c6ccc7c(c6)CN(C6CCC(=O)NC6=O)C7=O)CC5)CC4)cn3)nc2n1C1CCCC1. The van der Waals surface area contributed by atoms with Crippen LogP contribution < -0.4 is 15.5 Å². The third-order valence-electron chi connectivity index (χ3n) is 13.0. The van der Waals surface area contributed by atoms with Gasteiger partial charge in [-0.1, -0.05) is 79.7 Å². The highest BCUT2D eigenvalue weighted by Gasteiger charge is 2.39. The van der Waals surface area contributed by atoms with Crippen LogP contribution in [0.15, 0.2) is 48.8 Å². The number of nitrogens with zero attached hydrogens (tertiary/aromatic N) is 8. The molecule has 9 rings (SSSR count). The van der Waals surface area contributed by atoms with E-state index in [4.69, 9.17) is 9.97 Å². The molecule has 0 spiro atoms. The fourth-order valence-corrected chi connectivity index (χ4v) is 9.77. The molecule has 1 saturated carbocycles. The van der Waals surface area contributed by atoms with Crippen LogP contribution in [0, 0.1) is 5.92 Å². The number of aromatic nitrogens is 4. The van der Waals surface area contributed by atoms with Gasteiger partial charge in [0.05, 0.1) is 0 Å². The van der Waals surface area contributed by atoms with Gasteiger partial charge < -0.3 is 29.5 Å². The van der Waals surface area contributed by atoms with Crippen LogP contribution in [0.5, 0.6) is 0 Å². The summed E-state index contributed by atoms with van der Waals surface area (Å²) in [5.74, 6) is 1.53. The summed E-state index contributed by atoms with van der Waals surface area (Å²) in [5.41, 5.74) is 5.48. The second-order valence-corrected chi connectivity index (χ2v) is 19.0. The molecule has 4 fully saturated rings. The summed E-state index contributed by atoms with van der Waals surface area (Å²) in [6, 6.07) is 11.9. The first-order valence-corrected chi connectivity index (χ1v) is 25.0. The molecule has 14 nitrogen and oxygen atoms in total.